The van der Waals surface area contributed by atoms with E-state index in [0.717, 1.165) is 16.1 Å². The van der Waals surface area contributed by atoms with E-state index in [1.807, 2.05) is 33.8 Å². The lowest BCUT2D eigenvalue weighted by atomic mass is 10.1. The molecule has 0 bridgehead atoms. The summed E-state index contributed by atoms with van der Waals surface area (Å²) in [6.07, 6.45) is 1.05. The van der Waals surface area contributed by atoms with Gasteiger partial charge >= 0.3 is 0 Å². The van der Waals surface area contributed by atoms with Gasteiger partial charge in [0.15, 0.2) is 0 Å². The van der Waals surface area contributed by atoms with Gasteiger partial charge in [-0.2, -0.15) is 0 Å². The van der Waals surface area contributed by atoms with Gasteiger partial charge in [-0.25, -0.2) is 8.42 Å². The molecule has 0 aliphatic rings. The standard InChI is InChI=1S/C24H32ClN3O4S/c1-17-10-9-12-20(14-17)28(33(6,31)32)16-22(29)27(15-19-11-7-8-13-21(19)25)18(2)23(30)26-24(3,4)5/h7-14,18H,15-16H2,1-6H3,(H,26,30)/t18-/m0/s1. The summed E-state index contributed by atoms with van der Waals surface area (Å²) in [5.74, 6) is -0.859. The molecule has 2 rings (SSSR count). The van der Waals surface area contributed by atoms with Gasteiger partial charge in [0.05, 0.1) is 11.9 Å². The van der Waals surface area contributed by atoms with Gasteiger partial charge in [-0.3, -0.25) is 13.9 Å². The number of benzene rings is 2. The van der Waals surface area contributed by atoms with Crippen LogP contribution in [-0.2, 0) is 26.2 Å². The predicted octanol–water partition coefficient (Wildman–Crippen LogP) is 3.75. The van der Waals surface area contributed by atoms with Crippen LogP contribution in [0.4, 0.5) is 5.69 Å². The molecule has 0 aromatic heterocycles. The number of nitrogens with one attached hydrogen (secondary N) is 1. The molecular weight excluding hydrogens is 462 g/mol. The van der Waals surface area contributed by atoms with Gasteiger partial charge in [-0.05, 0) is 63.9 Å². The van der Waals surface area contributed by atoms with Gasteiger partial charge < -0.3 is 10.2 Å². The Morgan fingerprint density at radius 1 is 1.09 bits per heavy atom. The second kappa shape index (κ2) is 10.6. The van der Waals surface area contributed by atoms with E-state index in [-0.39, 0.29) is 12.5 Å². The Bertz CT molecular complexity index is 1110. The van der Waals surface area contributed by atoms with Crippen LogP contribution in [-0.4, -0.2) is 49.5 Å². The summed E-state index contributed by atoms with van der Waals surface area (Å²) < 4.78 is 26.2. The SMILES string of the molecule is Cc1cccc(N(CC(=O)N(Cc2ccccc2Cl)[C@@H](C)C(=O)NC(C)(C)C)S(C)(=O)=O)c1. The second-order valence-corrected chi connectivity index (χ2v) is 11.5. The van der Waals surface area contributed by atoms with Crippen LogP contribution in [0.3, 0.4) is 0 Å². The topological polar surface area (TPSA) is 86.8 Å². The van der Waals surface area contributed by atoms with E-state index in [0.29, 0.717) is 16.3 Å². The molecule has 1 N–H and O–H groups in total. The highest BCUT2D eigenvalue weighted by Gasteiger charge is 2.31. The number of amides is 2. The zero-order valence-electron chi connectivity index (χ0n) is 19.9. The van der Waals surface area contributed by atoms with Crippen molar-refractivity contribution in [1.29, 1.82) is 0 Å². The third kappa shape index (κ3) is 7.75. The number of sulfonamides is 1. The van der Waals surface area contributed by atoms with E-state index in [9.17, 15) is 18.0 Å². The minimum absolute atomic E-state index is 0.0582. The smallest absolute Gasteiger partial charge is 0.244 e. The van der Waals surface area contributed by atoms with Crippen molar-refractivity contribution < 1.29 is 18.0 Å². The summed E-state index contributed by atoms with van der Waals surface area (Å²) in [7, 11) is -3.76. The minimum atomic E-state index is -3.76. The number of hydrogen-bond donors (Lipinski definition) is 1. The number of halogens is 1. The highest BCUT2D eigenvalue weighted by atomic mass is 35.5. The van der Waals surface area contributed by atoms with Crippen LogP contribution in [0.25, 0.3) is 0 Å². The zero-order chi connectivity index (χ0) is 25.0. The predicted molar refractivity (Wildman–Crippen MR) is 133 cm³/mol. The first-order valence-corrected chi connectivity index (χ1v) is 12.8. The number of rotatable bonds is 8. The van der Waals surface area contributed by atoms with Crippen LogP contribution in [0, 0.1) is 6.92 Å². The van der Waals surface area contributed by atoms with Crippen molar-refractivity contribution in [3.05, 3.63) is 64.7 Å². The van der Waals surface area contributed by atoms with Crippen molar-refractivity contribution in [1.82, 2.24) is 10.2 Å². The van der Waals surface area contributed by atoms with Crippen molar-refractivity contribution in [3.63, 3.8) is 0 Å². The average molecular weight is 494 g/mol. The number of carbonyl (C=O) groups excluding carboxylic acids is 2. The number of aryl methyl sites for hydroxylation is 1. The fourth-order valence-corrected chi connectivity index (χ4v) is 4.30. The molecule has 2 aromatic carbocycles. The molecule has 0 aliphatic carbocycles. The number of hydrogen-bond acceptors (Lipinski definition) is 4. The van der Waals surface area contributed by atoms with Crippen molar-refractivity contribution in [2.24, 2.45) is 0 Å². The van der Waals surface area contributed by atoms with Crippen LogP contribution in [0.1, 0.15) is 38.8 Å². The third-order valence-corrected chi connectivity index (χ3v) is 6.44. The molecule has 180 valence electrons. The first-order valence-electron chi connectivity index (χ1n) is 10.6. The Morgan fingerprint density at radius 2 is 1.73 bits per heavy atom. The number of anilines is 1. The Balaban J connectivity index is 2.42. The molecule has 0 spiro atoms. The molecule has 0 aliphatic heterocycles. The van der Waals surface area contributed by atoms with Crippen LogP contribution in [0.2, 0.25) is 5.02 Å². The Labute approximate surface area is 201 Å². The summed E-state index contributed by atoms with van der Waals surface area (Å²) in [4.78, 5) is 27.7. The molecule has 2 amide bonds. The maximum Gasteiger partial charge on any atom is 0.244 e. The molecular formula is C24H32ClN3O4S. The minimum Gasteiger partial charge on any atom is -0.350 e. The van der Waals surface area contributed by atoms with Crippen LogP contribution >= 0.6 is 11.6 Å². The Kier molecular flexibility index (Phi) is 8.54. The summed E-state index contributed by atoms with van der Waals surface area (Å²) in [6, 6.07) is 13.1. The molecule has 9 heteroatoms. The van der Waals surface area contributed by atoms with Gasteiger partial charge in [0, 0.05) is 17.1 Å². The van der Waals surface area contributed by atoms with E-state index in [1.54, 1.807) is 49.4 Å². The number of nitrogens with zero attached hydrogens (tertiary/aromatic N) is 2. The first-order chi connectivity index (χ1) is 15.2. The average Bonchev–Trinajstić information content (AvgIpc) is 2.68. The lowest BCUT2D eigenvalue weighted by molar-refractivity contribution is -0.140. The van der Waals surface area contributed by atoms with Gasteiger partial charge in [-0.1, -0.05) is 41.9 Å². The molecule has 2 aromatic rings. The fraction of sp³-hybridized carbons (Fsp3) is 0.417. The molecule has 0 saturated heterocycles. The van der Waals surface area contributed by atoms with E-state index >= 15 is 0 Å². The molecule has 0 unspecified atom stereocenters. The summed E-state index contributed by atoms with van der Waals surface area (Å²) in [5.41, 5.74) is 1.41. The Hall–Kier alpha value is -2.58. The fourth-order valence-electron chi connectivity index (χ4n) is 3.26. The molecule has 0 heterocycles. The lowest BCUT2D eigenvalue weighted by Gasteiger charge is -2.33. The third-order valence-electron chi connectivity index (χ3n) is 4.93. The van der Waals surface area contributed by atoms with Crippen molar-refractivity contribution in [3.8, 4) is 0 Å². The van der Waals surface area contributed by atoms with E-state index in [1.165, 1.54) is 4.90 Å². The van der Waals surface area contributed by atoms with Crippen LogP contribution in [0.15, 0.2) is 48.5 Å². The van der Waals surface area contributed by atoms with Gasteiger partial charge in [0.1, 0.15) is 12.6 Å². The van der Waals surface area contributed by atoms with Gasteiger partial charge in [0.2, 0.25) is 21.8 Å². The summed E-state index contributed by atoms with van der Waals surface area (Å²) in [6.45, 7) is 8.62. The largest absolute Gasteiger partial charge is 0.350 e. The number of carbonyl (C=O) groups is 2. The van der Waals surface area contributed by atoms with Crippen LogP contribution < -0.4 is 9.62 Å². The molecule has 0 saturated carbocycles. The monoisotopic (exact) mass is 493 g/mol. The molecule has 1 atom stereocenters. The quantitative estimate of drug-likeness (QED) is 0.606. The maximum atomic E-state index is 13.5. The summed E-state index contributed by atoms with van der Waals surface area (Å²) in [5, 5.41) is 3.34. The van der Waals surface area contributed by atoms with E-state index < -0.39 is 34.1 Å². The van der Waals surface area contributed by atoms with Gasteiger partial charge in [-0.15, -0.1) is 0 Å². The van der Waals surface area contributed by atoms with E-state index in [4.69, 9.17) is 11.6 Å². The Morgan fingerprint density at radius 3 is 2.27 bits per heavy atom. The normalized spacial score (nSPS) is 12.7. The lowest BCUT2D eigenvalue weighted by Crippen LogP contribution is -2.54. The van der Waals surface area contributed by atoms with Crippen molar-refractivity contribution >= 4 is 39.1 Å². The van der Waals surface area contributed by atoms with Gasteiger partial charge in [0.25, 0.3) is 0 Å². The van der Waals surface area contributed by atoms with E-state index in [2.05, 4.69) is 5.32 Å². The van der Waals surface area contributed by atoms with Crippen molar-refractivity contribution in [2.45, 2.75) is 52.7 Å². The first kappa shape index (κ1) is 26.7. The molecule has 7 nitrogen and oxygen atoms in total. The molecule has 0 fully saturated rings. The van der Waals surface area contributed by atoms with Crippen molar-refractivity contribution in [2.75, 3.05) is 17.1 Å². The molecule has 0 radical (unpaired) electrons. The zero-order valence-corrected chi connectivity index (χ0v) is 21.5. The molecule has 33 heavy (non-hydrogen) atoms. The summed E-state index contributed by atoms with van der Waals surface area (Å²) >= 11 is 6.31. The maximum absolute atomic E-state index is 13.5. The highest BCUT2D eigenvalue weighted by molar-refractivity contribution is 7.92. The second-order valence-electron chi connectivity index (χ2n) is 9.14. The highest BCUT2D eigenvalue weighted by Crippen LogP contribution is 2.22. The van der Waals surface area contributed by atoms with Crippen LogP contribution in [0.5, 0.6) is 0 Å².